The van der Waals surface area contributed by atoms with E-state index in [0.29, 0.717) is 11.4 Å². The molecule has 0 aliphatic carbocycles. The first kappa shape index (κ1) is 14.1. The quantitative estimate of drug-likeness (QED) is 0.292. The number of aromatic nitrogens is 2. The Bertz CT molecular complexity index is 636. The Morgan fingerprint density at radius 1 is 1.45 bits per heavy atom. The number of carbonyl (C=O) groups is 1. The lowest BCUT2D eigenvalue weighted by molar-refractivity contribution is -0.115. The number of anilines is 1. The molecule has 1 amide bonds. The number of hydrogen-bond donors (Lipinski definition) is 4. The standard InChI is InChI=1S/C12H12BrN5O2/c13-8-3-1-7(2-4-8)5-10(19)16-12-9(6-15-17-12)11(14)18-20/h1-4,6,20H,5H2,(H2,14,18)(H2,15,16,17,19). The molecule has 0 aliphatic rings. The Hall–Kier alpha value is -2.35. The monoisotopic (exact) mass is 337 g/mol. The van der Waals surface area contributed by atoms with Crippen molar-refractivity contribution in [1.82, 2.24) is 10.2 Å². The zero-order valence-electron chi connectivity index (χ0n) is 10.3. The van der Waals surface area contributed by atoms with Crippen LogP contribution in [-0.2, 0) is 11.2 Å². The maximum atomic E-state index is 11.9. The Morgan fingerprint density at radius 2 is 2.15 bits per heavy atom. The Kier molecular flexibility index (Phi) is 4.36. The first-order valence-electron chi connectivity index (χ1n) is 5.65. The van der Waals surface area contributed by atoms with Crippen LogP contribution in [0.5, 0.6) is 0 Å². The number of amidine groups is 1. The van der Waals surface area contributed by atoms with Crippen molar-refractivity contribution in [2.75, 3.05) is 5.32 Å². The van der Waals surface area contributed by atoms with Gasteiger partial charge in [-0.05, 0) is 17.7 Å². The smallest absolute Gasteiger partial charge is 0.229 e. The van der Waals surface area contributed by atoms with E-state index in [1.807, 2.05) is 24.3 Å². The van der Waals surface area contributed by atoms with Crippen LogP contribution in [0.3, 0.4) is 0 Å². The minimum atomic E-state index is -0.233. The van der Waals surface area contributed by atoms with Gasteiger partial charge in [-0.3, -0.25) is 9.89 Å². The average molecular weight is 338 g/mol. The molecule has 8 heteroatoms. The van der Waals surface area contributed by atoms with E-state index in [-0.39, 0.29) is 18.2 Å². The average Bonchev–Trinajstić information content (AvgIpc) is 2.88. The van der Waals surface area contributed by atoms with E-state index in [2.05, 4.69) is 36.6 Å². The minimum Gasteiger partial charge on any atom is -0.409 e. The fourth-order valence-corrected chi connectivity index (χ4v) is 1.87. The molecule has 0 atom stereocenters. The summed E-state index contributed by atoms with van der Waals surface area (Å²) in [7, 11) is 0. The van der Waals surface area contributed by atoms with Crippen molar-refractivity contribution in [3.05, 3.63) is 46.1 Å². The number of rotatable bonds is 4. The fraction of sp³-hybridized carbons (Fsp3) is 0.0833. The van der Waals surface area contributed by atoms with Crippen molar-refractivity contribution in [3.8, 4) is 0 Å². The molecule has 20 heavy (non-hydrogen) atoms. The van der Waals surface area contributed by atoms with Gasteiger partial charge in [0.25, 0.3) is 0 Å². The van der Waals surface area contributed by atoms with E-state index < -0.39 is 0 Å². The number of hydrogen-bond acceptors (Lipinski definition) is 4. The number of carbonyl (C=O) groups excluding carboxylic acids is 1. The predicted octanol–water partition coefficient (Wildman–Crippen LogP) is 1.45. The fourth-order valence-electron chi connectivity index (χ4n) is 1.60. The molecule has 0 bridgehead atoms. The SMILES string of the molecule is NC(=NO)c1cn[nH]c1NC(=O)Cc1ccc(Br)cc1. The third-order valence-corrected chi connectivity index (χ3v) is 3.09. The lowest BCUT2D eigenvalue weighted by Crippen LogP contribution is -2.19. The van der Waals surface area contributed by atoms with Crippen molar-refractivity contribution in [3.63, 3.8) is 0 Å². The molecular weight excluding hydrogens is 326 g/mol. The molecule has 0 spiro atoms. The molecule has 1 heterocycles. The molecule has 5 N–H and O–H groups in total. The van der Waals surface area contributed by atoms with Gasteiger partial charge in [0.1, 0.15) is 5.82 Å². The maximum Gasteiger partial charge on any atom is 0.229 e. The van der Waals surface area contributed by atoms with Gasteiger partial charge in [0.2, 0.25) is 5.91 Å². The van der Waals surface area contributed by atoms with E-state index >= 15 is 0 Å². The number of H-pyrrole nitrogens is 1. The molecule has 0 saturated carbocycles. The van der Waals surface area contributed by atoms with E-state index in [0.717, 1.165) is 10.0 Å². The van der Waals surface area contributed by atoms with Crippen molar-refractivity contribution >= 4 is 33.5 Å². The lowest BCUT2D eigenvalue weighted by atomic mass is 10.1. The molecule has 1 aromatic carbocycles. The van der Waals surface area contributed by atoms with Gasteiger partial charge in [-0.25, -0.2) is 0 Å². The van der Waals surface area contributed by atoms with Crippen LogP contribution in [0.25, 0.3) is 0 Å². The summed E-state index contributed by atoms with van der Waals surface area (Å²) in [5, 5.41) is 20.5. The predicted molar refractivity (Wildman–Crippen MR) is 77.6 cm³/mol. The van der Waals surface area contributed by atoms with Crippen LogP contribution in [0.15, 0.2) is 40.1 Å². The number of oxime groups is 1. The highest BCUT2D eigenvalue weighted by atomic mass is 79.9. The summed E-state index contributed by atoms with van der Waals surface area (Å²) in [6.45, 7) is 0. The lowest BCUT2D eigenvalue weighted by Gasteiger charge is -2.05. The molecule has 2 aromatic rings. The third-order valence-electron chi connectivity index (χ3n) is 2.57. The number of nitrogens with one attached hydrogen (secondary N) is 2. The largest absolute Gasteiger partial charge is 0.409 e. The number of halogens is 1. The van der Waals surface area contributed by atoms with Gasteiger partial charge in [0, 0.05) is 4.47 Å². The van der Waals surface area contributed by atoms with Crippen LogP contribution < -0.4 is 11.1 Å². The highest BCUT2D eigenvalue weighted by Gasteiger charge is 2.12. The van der Waals surface area contributed by atoms with Gasteiger partial charge in [-0.1, -0.05) is 33.2 Å². The van der Waals surface area contributed by atoms with Crippen LogP contribution in [0.4, 0.5) is 5.82 Å². The van der Waals surface area contributed by atoms with Gasteiger partial charge >= 0.3 is 0 Å². The summed E-state index contributed by atoms with van der Waals surface area (Å²) >= 11 is 3.33. The maximum absolute atomic E-state index is 11.9. The number of amides is 1. The van der Waals surface area contributed by atoms with Gasteiger partial charge in [-0.2, -0.15) is 5.10 Å². The molecular formula is C12H12BrN5O2. The Balaban J connectivity index is 2.05. The van der Waals surface area contributed by atoms with Crippen molar-refractivity contribution in [2.45, 2.75) is 6.42 Å². The Morgan fingerprint density at radius 3 is 2.80 bits per heavy atom. The van der Waals surface area contributed by atoms with E-state index in [9.17, 15) is 4.79 Å². The number of nitrogens with zero attached hydrogens (tertiary/aromatic N) is 2. The van der Waals surface area contributed by atoms with Crippen LogP contribution in [0.1, 0.15) is 11.1 Å². The number of nitrogens with two attached hydrogens (primary N) is 1. The van der Waals surface area contributed by atoms with Gasteiger partial charge < -0.3 is 16.3 Å². The molecule has 0 fully saturated rings. The molecule has 0 unspecified atom stereocenters. The van der Waals surface area contributed by atoms with Gasteiger partial charge in [0.05, 0.1) is 18.2 Å². The van der Waals surface area contributed by atoms with E-state index in [1.54, 1.807) is 0 Å². The summed E-state index contributed by atoms with van der Waals surface area (Å²) in [5.41, 5.74) is 6.67. The second-order valence-corrected chi connectivity index (χ2v) is 4.91. The highest BCUT2D eigenvalue weighted by molar-refractivity contribution is 9.10. The summed E-state index contributed by atoms with van der Waals surface area (Å²) < 4.78 is 0.949. The van der Waals surface area contributed by atoms with Gasteiger partial charge in [-0.15, -0.1) is 0 Å². The molecule has 104 valence electrons. The van der Waals surface area contributed by atoms with Crippen LogP contribution in [0, 0.1) is 0 Å². The summed E-state index contributed by atoms with van der Waals surface area (Å²) in [5.74, 6) is -0.0661. The normalized spacial score (nSPS) is 11.3. The molecule has 2 rings (SSSR count). The zero-order chi connectivity index (χ0) is 14.5. The summed E-state index contributed by atoms with van der Waals surface area (Å²) in [6, 6.07) is 7.42. The molecule has 1 aromatic heterocycles. The summed E-state index contributed by atoms with van der Waals surface area (Å²) in [6.07, 6.45) is 1.58. The second kappa shape index (κ2) is 6.20. The van der Waals surface area contributed by atoms with Crippen LogP contribution >= 0.6 is 15.9 Å². The molecule has 0 aliphatic heterocycles. The first-order valence-corrected chi connectivity index (χ1v) is 6.45. The first-order chi connectivity index (χ1) is 9.60. The number of aromatic amines is 1. The van der Waals surface area contributed by atoms with Gasteiger partial charge in [0.15, 0.2) is 5.84 Å². The van der Waals surface area contributed by atoms with E-state index in [1.165, 1.54) is 6.20 Å². The molecule has 0 radical (unpaired) electrons. The number of benzene rings is 1. The van der Waals surface area contributed by atoms with Crippen LogP contribution in [-0.4, -0.2) is 27.1 Å². The second-order valence-electron chi connectivity index (χ2n) is 4.00. The van der Waals surface area contributed by atoms with Crippen molar-refractivity contribution in [2.24, 2.45) is 10.9 Å². The molecule has 7 nitrogen and oxygen atoms in total. The van der Waals surface area contributed by atoms with Crippen molar-refractivity contribution < 1.29 is 10.0 Å². The molecule has 0 saturated heterocycles. The van der Waals surface area contributed by atoms with E-state index in [4.69, 9.17) is 10.9 Å². The highest BCUT2D eigenvalue weighted by Crippen LogP contribution is 2.13. The topological polar surface area (TPSA) is 116 Å². The Labute approximate surface area is 123 Å². The van der Waals surface area contributed by atoms with Crippen LogP contribution in [0.2, 0.25) is 0 Å². The van der Waals surface area contributed by atoms with Crippen molar-refractivity contribution in [1.29, 1.82) is 0 Å². The minimum absolute atomic E-state index is 0.127. The third kappa shape index (κ3) is 3.35. The zero-order valence-corrected chi connectivity index (χ0v) is 11.9. The summed E-state index contributed by atoms with van der Waals surface area (Å²) in [4.78, 5) is 11.9.